The molecule has 0 amide bonds. The first kappa shape index (κ1) is 13.6. The Morgan fingerprint density at radius 3 is 2.71 bits per heavy atom. The van der Waals surface area contributed by atoms with Gasteiger partial charge in [0.25, 0.3) is 0 Å². The summed E-state index contributed by atoms with van der Waals surface area (Å²) in [4.78, 5) is 4.17. The SMILES string of the molecule is CCOc1ccccc1C(O)c1cccc2ccncc12. The molecule has 0 saturated carbocycles. The van der Waals surface area contributed by atoms with E-state index >= 15 is 0 Å². The van der Waals surface area contributed by atoms with Crippen LogP contribution in [0.5, 0.6) is 5.75 Å². The maximum Gasteiger partial charge on any atom is 0.125 e. The molecule has 2 aromatic carbocycles. The largest absolute Gasteiger partial charge is 0.493 e. The van der Waals surface area contributed by atoms with Crippen LogP contribution in [0.3, 0.4) is 0 Å². The van der Waals surface area contributed by atoms with Crippen molar-refractivity contribution < 1.29 is 9.84 Å². The third-order valence-electron chi connectivity index (χ3n) is 3.53. The molecule has 1 atom stereocenters. The molecular weight excluding hydrogens is 262 g/mol. The fourth-order valence-electron chi connectivity index (χ4n) is 2.54. The smallest absolute Gasteiger partial charge is 0.125 e. The fraction of sp³-hybridized carbons (Fsp3) is 0.167. The van der Waals surface area contributed by atoms with Gasteiger partial charge in [0.1, 0.15) is 11.9 Å². The lowest BCUT2D eigenvalue weighted by atomic mass is 9.96. The summed E-state index contributed by atoms with van der Waals surface area (Å²) < 4.78 is 5.62. The van der Waals surface area contributed by atoms with E-state index in [0.29, 0.717) is 12.4 Å². The van der Waals surface area contributed by atoms with E-state index < -0.39 is 6.10 Å². The van der Waals surface area contributed by atoms with Crippen molar-refractivity contribution >= 4 is 10.8 Å². The zero-order valence-electron chi connectivity index (χ0n) is 11.9. The van der Waals surface area contributed by atoms with Crippen molar-refractivity contribution in [2.75, 3.05) is 6.61 Å². The molecule has 3 aromatic rings. The predicted molar refractivity (Wildman–Crippen MR) is 83.4 cm³/mol. The average Bonchev–Trinajstić information content (AvgIpc) is 2.54. The maximum absolute atomic E-state index is 10.8. The molecule has 106 valence electrons. The Hall–Kier alpha value is -2.39. The van der Waals surface area contributed by atoms with Crippen molar-refractivity contribution in [1.29, 1.82) is 0 Å². The minimum atomic E-state index is -0.736. The molecular formula is C18H17NO2. The highest BCUT2D eigenvalue weighted by Crippen LogP contribution is 2.33. The summed E-state index contributed by atoms with van der Waals surface area (Å²) >= 11 is 0. The van der Waals surface area contributed by atoms with E-state index in [1.54, 1.807) is 12.4 Å². The zero-order chi connectivity index (χ0) is 14.7. The third kappa shape index (κ3) is 2.60. The summed E-state index contributed by atoms with van der Waals surface area (Å²) in [6.07, 6.45) is 2.81. The first-order valence-electron chi connectivity index (χ1n) is 7.03. The summed E-state index contributed by atoms with van der Waals surface area (Å²) in [5, 5.41) is 12.8. The Morgan fingerprint density at radius 2 is 1.86 bits per heavy atom. The van der Waals surface area contributed by atoms with Crippen molar-refractivity contribution in [3.63, 3.8) is 0 Å². The molecule has 1 aromatic heterocycles. The van der Waals surface area contributed by atoms with Crippen LogP contribution in [0.25, 0.3) is 10.8 Å². The van der Waals surface area contributed by atoms with Crippen LogP contribution >= 0.6 is 0 Å². The molecule has 0 bridgehead atoms. The summed E-state index contributed by atoms with van der Waals surface area (Å²) in [6.45, 7) is 2.51. The van der Waals surface area contributed by atoms with E-state index in [-0.39, 0.29) is 0 Å². The normalized spacial score (nSPS) is 12.3. The van der Waals surface area contributed by atoms with Crippen molar-refractivity contribution in [2.24, 2.45) is 0 Å². The van der Waals surface area contributed by atoms with Crippen LogP contribution in [-0.2, 0) is 0 Å². The number of pyridine rings is 1. The molecule has 3 rings (SSSR count). The van der Waals surface area contributed by atoms with Gasteiger partial charge in [-0.1, -0.05) is 36.4 Å². The van der Waals surface area contributed by atoms with Crippen LogP contribution in [0, 0.1) is 0 Å². The van der Waals surface area contributed by atoms with Gasteiger partial charge in [0.15, 0.2) is 0 Å². The second kappa shape index (κ2) is 5.94. The Balaban J connectivity index is 2.11. The summed E-state index contributed by atoms with van der Waals surface area (Å²) in [7, 11) is 0. The monoisotopic (exact) mass is 279 g/mol. The molecule has 3 heteroatoms. The van der Waals surface area contributed by atoms with Crippen molar-refractivity contribution in [3.8, 4) is 5.75 Å². The number of aromatic nitrogens is 1. The van der Waals surface area contributed by atoms with Crippen LogP contribution in [0.2, 0.25) is 0 Å². The highest BCUT2D eigenvalue weighted by molar-refractivity contribution is 5.85. The molecule has 0 aliphatic carbocycles. The van der Waals surface area contributed by atoms with Crippen LogP contribution in [-0.4, -0.2) is 16.7 Å². The standard InChI is InChI=1S/C18H17NO2/c1-2-21-17-9-4-3-7-15(17)18(20)14-8-5-6-13-10-11-19-12-16(13)14/h3-12,18,20H,2H2,1H3. The first-order chi connectivity index (χ1) is 10.3. The van der Waals surface area contributed by atoms with Crippen LogP contribution in [0.1, 0.15) is 24.2 Å². The molecule has 3 nitrogen and oxygen atoms in total. The molecule has 0 aliphatic rings. The zero-order valence-corrected chi connectivity index (χ0v) is 11.9. The van der Waals surface area contributed by atoms with Crippen LogP contribution < -0.4 is 4.74 Å². The lowest BCUT2D eigenvalue weighted by molar-refractivity contribution is 0.213. The van der Waals surface area contributed by atoms with E-state index in [4.69, 9.17) is 4.74 Å². The summed E-state index contributed by atoms with van der Waals surface area (Å²) in [6, 6.07) is 15.4. The first-order valence-corrected chi connectivity index (χ1v) is 7.03. The molecule has 0 saturated heterocycles. The van der Waals surface area contributed by atoms with Gasteiger partial charge in [0.2, 0.25) is 0 Å². The minimum absolute atomic E-state index is 0.570. The number of ether oxygens (including phenoxy) is 1. The van der Waals surface area contributed by atoms with Gasteiger partial charge in [-0.3, -0.25) is 4.98 Å². The lowest BCUT2D eigenvalue weighted by Crippen LogP contribution is -2.04. The van der Waals surface area contributed by atoms with Crippen molar-refractivity contribution in [1.82, 2.24) is 4.98 Å². The number of benzene rings is 2. The number of nitrogens with zero attached hydrogens (tertiary/aromatic N) is 1. The fourth-order valence-corrected chi connectivity index (χ4v) is 2.54. The third-order valence-corrected chi connectivity index (χ3v) is 3.53. The molecule has 0 spiro atoms. The van der Waals surface area contributed by atoms with Gasteiger partial charge < -0.3 is 9.84 Å². The van der Waals surface area contributed by atoms with E-state index in [0.717, 1.165) is 21.9 Å². The highest BCUT2D eigenvalue weighted by atomic mass is 16.5. The van der Waals surface area contributed by atoms with E-state index in [1.807, 2.05) is 55.5 Å². The average molecular weight is 279 g/mol. The van der Waals surface area contributed by atoms with Crippen molar-refractivity contribution in [3.05, 3.63) is 72.1 Å². The minimum Gasteiger partial charge on any atom is -0.493 e. The molecule has 1 N–H and O–H groups in total. The molecule has 0 aliphatic heterocycles. The number of rotatable bonds is 4. The topological polar surface area (TPSA) is 42.4 Å². The van der Waals surface area contributed by atoms with Gasteiger partial charge in [0, 0.05) is 23.3 Å². The summed E-state index contributed by atoms with van der Waals surface area (Å²) in [5.74, 6) is 0.716. The van der Waals surface area contributed by atoms with Crippen molar-refractivity contribution in [2.45, 2.75) is 13.0 Å². The second-order valence-corrected chi connectivity index (χ2v) is 4.82. The Bertz CT molecular complexity index is 750. The van der Waals surface area contributed by atoms with Gasteiger partial charge in [-0.05, 0) is 30.0 Å². The molecule has 1 unspecified atom stereocenters. The maximum atomic E-state index is 10.8. The number of para-hydroxylation sites is 1. The molecule has 1 heterocycles. The molecule has 21 heavy (non-hydrogen) atoms. The van der Waals surface area contributed by atoms with Gasteiger partial charge in [-0.15, -0.1) is 0 Å². The Morgan fingerprint density at radius 1 is 1.05 bits per heavy atom. The molecule has 0 radical (unpaired) electrons. The Labute approximate surface area is 123 Å². The van der Waals surface area contributed by atoms with Gasteiger partial charge in [-0.2, -0.15) is 0 Å². The molecule has 0 fully saturated rings. The number of hydrogen-bond donors (Lipinski definition) is 1. The predicted octanol–water partition coefficient (Wildman–Crippen LogP) is 3.72. The number of aliphatic hydroxyl groups is 1. The summed E-state index contributed by atoms with van der Waals surface area (Å²) in [5.41, 5.74) is 1.61. The highest BCUT2D eigenvalue weighted by Gasteiger charge is 2.17. The van der Waals surface area contributed by atoms with E-state index in [1.165, 1.54) is 0 Å². The van der Waals surface area contributed by atoms with E-state index in [2.05, 4.69) is 4.98 Å². The number of aliphatic hydroxyl groups excluding tert-OH is 1. The van der Waals surface area contributed by atoms with Gasteiger partial charge >= 0.3 is 0 Å². The van der Waals surface area contributed by atoms with Gasteiger partial charge in [0.05, 0.1) is 6.61 Å². The second-order valence-electron chi connectivity index (χ2n) is 4.82. The quantitative estimate of drug-likeness (QED) is 0.791. The number of hydrogen-bond acceptors (Lipinski definition) is 3. The van der Waals surface area contributed by atoms with Crippen LogP contribution in [0.15, 0.2) is 60.9 Å². The Kier molecular flexibility index (Phi) is 3.84. The van der Waals surface area contributed by atoms with Crippen LogP contribution in [0.4, 0.5) is 0 Å². The lowest BCUT2D eigenvalue weighted by Gasteiger charge is -2.17. The number of fused-ring (bicyclic) bond motifs is 1. The van der Waals surface area contributed by atoms with Gasteiger partial charge in [-0.25, -0.2) is 0 Å². The van der Waals surface area contributed by atoms with E-state index in [9.17, 15) is 5.11 Å².